The van der Waals surface area contributed by atoms with Gasteiger partial charge >= 0.3 is 11.9 Å². The van der Waals surface area contributed by atoms with E-state index in [2.05, 4.69) is 18.2 Å². The van der Waals surface area contributed by atoms with Gasteiger partial charge in [-0.25, -0.2) is 9.59 Å². The van der Waals surface area contributed by atoms with E-state index in [9.17, 15) is 28.8 Å². The van der Waals surface area contributed by atoms with Crippen LogP contribution < -0.4 is 30.4 Å². The molecule has 16 nitrogen and oxygen atoms in total. The third-order valence-corrected chi connectivity index (χ3v) is 14.3. The normalized spacial score (nSPS) is 11.3. The minimum atomic E-state index is -1.14. The molecule has 0 aliphatic rings. The van der Waals surface area contributed by atoms with Crippen LogP contribution in [0.15, 0.2) is 84.9 Å². The van der Waals surface area contributed by atoms with E-state index in [1.165, 1.54) is 38.5 Å². The van der Waals surface area contributed by atoms with Crippen molar-refractivity contribution < 1.29 is 57.9 Å². The summed E-state index contributed by atoms with van der Waals surface area (Å²) in [5, 5.41) is 19.1. The smallest absolute Gasteiger partial charge is 0.341 e. The highest BCUT2D eigenvalue weighted by molar-refractivity contribution is 6.45. The molecule has 6 rings (SSSR count). The number of carbonyl (C=O) groups is 6. The largest absolute Gasteiger partial charge is 0.493 e. The molecule has 2 heterocycles. The Morgan fingerprint density at radius 3 is 1.24 bits per heavy atom. The maximum Gasteiger partial charge on any atom is 0.341 e. The van der Waals surface area contributed by atoms with Gasteiger partial charge in [-0.05, 0) is 81.5 Å². The number of aliphatic carboxylic acids is 2. The summed E-state index contributed by atoms with van der Waals surface area (Å²) in [7, 11) is 0. The number of unbranched alkanes of at least 4 members (excludes halogenated alkanes) is 18. The lowest BCUT2D eigenvalue weighted by molar-refractivity contribution is -0.140. The summed E-state index contributed by atoms with van der Waals surface area (Å²) < 4.78 is 27.6. The lowest BCUT2D eigenvalue weighted by Crippen LogP contribution is -2.24. The predicted molar refractivity (Wildman–Crippen MR) is 302 cm³/mol. The van der Waals surface area contributed by atoms with E-state index < -0.39 is 48.5 Å². The molecule has 78 heavy (non-hydrogen) atoms. The van der Waals surface area contributed by atoms with Gasteiger partial charge in [0.2, 0.25) is 0 Å². The van der Waals surface area contributed by atoms with Crippen molar-refractivity contribution in [2.45, 2.75) is 155 Å². The fraction of sp³-hybridized carbons (Fsp3) is 0.452. The molecule has 0 spiro atoms. The zero-order chi connectivity index (χ0) is 55.8. The molecule has 2 amide bonds. The van der Waals surface area contributed by atoms with Gasteiger partial charge in [-0.15, -0.1) is 0 Å². The van der Waals surface area contributed by atoms with E-state index in [0.29, 0.717) is 59.5 Å². The Morgan fingerprint density at radius 1 is 0.436 bits per heavy atom. The van der Waals surface area contributed by atoms with Crippen molar-refractivity contribution in [2.75, 3.05) is 26.4 Å². The highest BCUT2D eigenvalue weighted by Crippen LogP contribution is 2.37. The number of carboxylic acid groups (broad SMARTS) is 2. The first kappa shape index (κ1) is 59.6. The number of primary amides is 2. The van der Waals surface area contributed by atoms with Gasteiger partial charge < -0.3 is 49.8 Å². The summed E-state index contributed by atoms with van der Waals surface area (Å²) in [5.41, 5.74) is 15.9. The molecule has 0 saturated carbocycles. The van der Waals surface area contributed by atoms with Crippen molar-refractivity contribution in [1.82, 2.24) is 9.13 Å². The number of nitrogens with two attached hydrogens (primary N) is 2. The number of hydrogen-bond donors (Lipinski definition) is 4. The van der Waals surface area contributed by atoms with Gasteiger partial charge in [0.15, 0.2) is 13.2 Å². The van der Waals surface area contributed by atoms with Crippen molar-refractivity contribution in [3.63, 3.8) is 0 Å². The van der Waals surface area contributed by atoms with Crippen molar-refractivity contribution >= 4 is 57.1 Å². The minimum Gasteiger partial charge on any atom is -0.493 e. The predicted octanol–water partition coefficient (Wildman–Crippen LogP) is 12.1. The van der Waals surface area contributed by atoms with Gasteiger partial charge in [0.05, 0.1) is 46.1 Å². The zero-order valence-corrected chi connectivity index (χ0v) is 45.5. The van der Waals surface area contributed by atoms with Crippen LogP contribution in [0.5, 0.6) is 23.0 Å². The Kier molecular flexibility index (Phi) is 23.7. The first-order valence-corrected chi connectivity index (χ1v) is 27.8. The van der Waals surface area contributed by atoms with E-state index in [-0.39, 0.29) is 22.6 Å². The molecule has 0 bridgehead atoms. The summed E-state index contributed by atoms with van der Waals surface area (Å²) in [4.78, 5) is 71.9. The van der Waals surface area contributed by atoms with E-state index in [1.54, 1.807) is 38.1 Å². The van der Waals surface area contributed by atoms with Crippen LogP contribution in [0.2, 0.25) is 0 Å². The van der Waals surface area contributed by atoms with Crippen LogP contribution >= 0.6 is 0 Å². The topological polar surface area (TPSA) is 242 Å². The molecule has 2 aromatic heterocycles. The van der Waals surface area contributed by atoms with Crippen molar-refractivity contribution in [3.05, 3.63) is 107 Å². The van der Waals surface area contributed by atoms with Gasteiger partial charge in [0.25, 0.3) is 23.4 Å². The number of carboxylic acids is 2. The molecule has 0 atom stereocenters. The van der Waals surface area contributed by atoms with Gasteiger partial charge in [-0.1, -0.05) is 145 Å². The van der Waals surface area contributed by atoms with Crippen LogP contribution in [0.25, 0.3) is 32.9 Å². The monoisotopic (exact) mass is 1070 g/mol. The first-order chi connectivity index (χ1) is 37.8. The quantitative estimate of drug-likeness (QED) is 0.0160. The van der Waals surface area contributed by atoms with E-state index >= 15 is 0 Å². The maximum absolute atomic E-state index is 12.9. The van der Waals surface area contributed by atoms with Gasteiger partial charge in [0, 0.05) is 36.1 Å². The maximum atomic E-state index is 12.9. The number of Topliss-reactive ketones (excluding diaryl/α,β-unsaturated/α-hetero) is 2. The number of carbonyl (C=O) groups excluding carboxylic acids is 4. The third kappa shape index (κ3) is 16.9. The second-order valence-electron chi connectivity index (χ2n) is 20.1. The van der Waals surface area contributed by atoms with Crippen LogP contribution in [0, 0.1) is 13.8 Å². The Morgan fingerprint density at radius 2 is 0.833 bits per heavy atom. The van der Waals surface area contributed by atoms with Crippen molar-refractivity contribution in [1.29, 1.82) is 0 Å². The number of fused-ring (bicyclic) bond motifs is 2. The van der Waals surface area contributed by atoms with Crippen LogP contribution in [-0.4, -0.2) is 81.1 Å². The van der Waals surface area contributed by atoms with Gasteiger partial charge in [-0.2, -0.15) is 0 Å². The summed E-state index contributed by atoms with van der Waals surface area (Å²) in [6.45, 7) is 5.00. The summed E-state index contributed by atoms with van der Waals surface area (Å²) >= 11 is 0. The summed E-state index contributed by atoms with van der Waals surface area (Å²) in [5.74, 6) is -3.94. The molecule has 4 aromatic carbocycles. The first-order valence-electron chi connectivity index (χ1n) is 27.8. The molecular weight excluding hydrogens is 993 g/mol. The molecule has 0 aliphatic heterocycles. The lowest BCUT2D eigenvalue weighted by atomic mass is 10.0. The van der Waals surface area contributed by atoms with Crippen LogP contribution in [0.3, 0.4) is 0 Å². The minimum absolute atomic E-state index is 0.164. The highest BCUT2D eigenvalue weighted by atomic mass is 16.5. The number of nitrogens with zero attached hydrogens (tertiary/aromatic N) is 2. The average molecular weight is 1070 g/mol. The van der Waals surface area contributed by atoms with E-state index in [1.807, 2.05) is 51.6 Å². The third-order valence-electron chi connectivity index (χ3n) is 14.3. The van der Waals surface area contributed by atoms with Gasteiger partial charge in [-0.3, -0.25) is 19.2 Å². The number of aryl methyl sites for hydroxylation is 2. The number of benzene rings is 4. The number of aromatic nitrogens is 2. The molecule has 0 aliphatic carbocycles. The number of ether oxygens (including phenoxy) is 4. The second kappa shape index (κ2) is 31.0. The molecule has 16 heteroatoms. The van der Waals surface area contributed by atoms with Crippen molar-refractivity contribution in [2.24, 2.45) is 11.5 Å². The zero-order valence-electron chi connectivity index (χ0n) is 45.5. The SMILES string of the molecule is Cc1c(C(=O)C(N)=O)c2c(OCC(=O)O)cccc2n1CCCCCCCCCCCCOc1ccc(-c2ccccc2)c(OCCCCCCCCCCCCn2c(C)c(C(=O)C(N)=O)c3c(OCC(=O)O)cccc32)c1. The Labute approximate surface area is 457 Å². The van der Waals surface area contributed by atoms with Crippen LogP contribution in [0.4, 0.5) is 0 Å². The number of amides is 2. The Hall–Kier alpha value is -7.62. The Balaban J connectivity index is 0.822. The highest BCUT2D eigenvalue weighted by Gasteiger charge is 2.28. The second-order valence-corrected chi connectivity index (χ2v) is 20.1. The van der Waals surface area contributed by atoms with Crippen LogP contribution in [0.1, 0.15) is 161 Å². The Bertz CT molecular complexity index is 2980. The molecule has 6 N–H and O–H groups in total. The number of ketones is 2. The van der Waals surface area contributed by atoms with Crippen molar-refractivity contribution in [3.8, 4) is 34.1 Å². The van der Waals surface area contributed by atoms with E-state index in [4.69, 9.17) is 40.6 Å². The van der Waals surface area contributed by atoms with Gasteiger partial charge in [0.1, 0.15) is 23.0 Å². The fourth-order valence-corrected chi connectivity index (χ4v) is 10.4. The molecule has 418 valence electrons. The van der Waals surface area contributed by atoms with Crippen LogP contribution in [-0.2, 0) is 32.3 Å². The summed E-state index contributed by atoms with van der Waals surface area (Å²) in [6.07, 6.45) is 21.9. The summed E-state index contributed by atoms with van der Waals surface area (Å²) in [6, 6.07) is 26.8. The fourth-order valence-electron chi connectivity index (χ4n) is 10.4. The molecule has 6 aromatic rings. The molecule has 0 saturated heterocycles. The number of hydrogen-bond acceptors (Lipinski definition) is 10. The standard InChI is InChI=1S/C62H78N4O12/c1-43-55(59(71)61(63)73)57-48(30-26-32-50(57)77-41-53(67)68)65(43)36-22-15-11-7-3-5-9-13-17-24-38-75-46-34-35-47(45-28-20-19-21-29-45)52(40-46)76-39-25-18-14-10-6-4-8-12-16-23-37-66-44(2)56(60(72)62(64)74)58-49(66)31-27-33-51(58)78-42-54(69)70/h19-21,26-35,40H,3-18,22-25,36-39,41-42H2,1-2H3,(H2,63,73)(H2,64,74)(H,67,68)(H,69,70). The number of rotatable bonds is 39. The lowest BCUT2D eigenvalue weighted by Gasteiger charge is -2.14. The molecule has 0 unspecified atom stereocenters. The molecule has 0 fully saturated rings. The van der Waals surface area contributed by atoms with E-state index in [0.717, 1.165) is 113 Å². The molecule has 0 radical (unpaired) electrons. The molecular formula is C62H78N4O12. The average Bonchev–Trinajstić information content (AvgIpc) is 3.90.